The van der Waals surface area contributed by atoms with Gasteiger partial charge in [-0.3, -0.25) is 9.20 Å². The summed E-state index contributed by atoms with van der Waals surface area (Å²) in [5.41, 5.74) is 1.43. The topological polar surface area (TPSA) is 50.8 Å². The molecule has 5 nitrogen and oxygen atoms in total. The van der Waals surface area contributed by atoms with Gasteiger partial charge in [-0.1, -0.05) is 0 Å². The largest absolute Gasteiger partial charge is 0.472 e. The predicted octanol–water partition coefficient (Wildman–Crippen LogP) is 2.26. The van der Waals surface area contributed by atoms with Crippen LogP contribution in [0.25, 0.3) is 4.96 Å². The lowest BCUT2D eigenvalue weighted by atomic mass is 10.3. The lowest BCUT2D eigenvalue weighted by Crippen LogP contribution is -2.26. The summed E-state index contributed by atoms with van der Waals surface area (Å²) >= 11 is 1.51. The smallest absolute Gasteiger partial charge is 0.274 e. The van der Waals surface area contributed by atoms with E-state index < -0.39 is 0 Å². The van der Waals surface area contributed by atoms with Gasteiger partial charge < -0.3 is 9.32 Å². The summed E-state index contributed by atoms with van der Waals surface area (Å²) in [6, 6.07) is 1.84. The molecule has 3 heterocycles. The molecule has 92 valence electrons. The van der Waals surface area contributed by atoms with Crippen LogP contribution in [0.3, 0.4) is 0 Å². The second-order valence-electron chi connectivity index (χ2n) is 4.01. The lowest BCUT2D eigenvalue weighted by molar-refractivity contribution is 0.0780. The molecular weight excluding hydrogens is 250 g/mol. The van der Waals surface area contributed by atoms with Crippen molar-refractivity contribution in [3.8, 4) is 0 Å². The molecule has 18 heavy (non-hydrogen) atoms. The van der Waals surface area contributed by atoms with Gasteiger partial charge in [0.15, 0.2) is 4.96 Å². The standard InChI is InChI=1S/C12H11N3O2S/c1-14(6-9-2-4-17-8-9)11(16)10-7-15-3-5-18-12(15)13-10/h2-5,7-8H,6H2,1H3. The second-order valence-corrected chi connectivity index (χ2v) is 4.88. The number of carbonyl (C=O) groups excluding carboxylic acids is 1. The Morgan fingerprint density at radius 1 is 1.61 bits per heavy atom. The fourth-order valence-electron chi connectivity index (χ4n) is 1.75. The Balaban J connectivity index is 1.79. The Morgan fingerprint density at radius 2 is 2.50 bits per heavy atom. The van der Waals surface area contributed by atoms with Crippen molar-refractivity contribution in [1.29, 1.82) is 0 Å². The van der Waals surface area contributed by atoms with Crippen LogP contribution in [0.15, 0.2) is 40.8 Å². The van der Waals surface area contributed by atoms with E-state index in [1.165, 1.54) is 11.3 Å². The summed E-state index contributed by atoms with van der Waals surface area (Å²) in [5.74, 6) is -0.0906. The molecule has 0 aliphatic carbocycles. The molecule has 0 aromatic carbocycles. The van der Waals surface area contributed by atoms with Crippen molar-refractivity contribution in [2.24, 2.45) is 0 Å². The van der Waals surface area contributed by atoms with Gasteiger partial charge in [0.2, 0.25) is 0 Å². The van der Waals surface area contributed by atoms with Crippen molar-refractivity contribution in [3.63, 3.8) is 0 Å². The number of aromatic nitrogens is 2. The van der Waals surface area contributed by atoms with Gasteiger partial charge >= 0.3 is 0 Å². The Kier molecular flexibility index (Phi) is 2.64. The molecule has 1 amide bonds. The van der Waals surface area contributed by atoms with Gasteiger partial charge in [0.25, 0.3) is 5.91 Å². The quantitative estimate of drug-likeness (QED) is 0.726. The second kappa shape index (κ2) is 4.30. The summed E-state index contributed by atoms with van der Waals surface area (Å²) in [4.78, 5) is 18.9. The van der Waals surface area contributed by atoms with Gasteiger partial charge in [-0.25, -0.2) is 4.98 Å². The maximum Gasteiger partial charge on any atom is 0.274 e. The zero-order valence-corrected chi connectivity index (χ0v) is 10.6. The number of thiazole rings is 1. The Hall–Kier alpha value is -2.08. The number of furan rings is 1. The highest BCUT2D eigenvalue weighted by Crippen LogP contribution is 2.13. The van der Waals surface area contributed by atoms with E-state index in [0.717, 1.165) is 10.5 Å². The van der Waals surface area contributed by atoms with E-state index in [4.69, 9.17) is 4.42 Å². The average molecular weight is 261 g/mol. The first-order valence-corrected chi connectivity index (χ1v) is 6.31. The van der Waals surface area contributed by atoms with Gasteiger partial charge in [0.05, 0.1) is 12.5 Å². The van der Waals surface area contributed by atoms with Crippen LogP contribution in [0.2, 0.25) is 0 Å². The van der Waals surface area contributed by atoms with Gasteiger partial charge in [-0.2, -0.15) is 0 Å². The molecule has 3 aromatic heterocycles. The van der Waals surface area contributed by atoms with E-state index in [1.54, 1.807) is 30.7 Å². The van der Waals surface area contributed by atoms with Gasteiger partial charge in [-0.15, -0.1) is 11.3 Å². The van der Waals surface area contributed by atoms with Crippen LogP contribution in [-0.4, -0.2) is 27.2 Å². The number of nitrogens with zero attached hydrogens (tertiary/aromatic N) is 3. The zero-order chi connectivity index (χ0) is 12.5. The van der Waals surface area contributed by atoms with E-state index in [9.17, 15) is 4.79 Å². The first-order chi connectivity index (χ1) is 8.74. The molecule has 6 heteroatoms. The number of hydrogen-bond donors (Lipinski definition) is 0. The third-order valence-corrected chi connectivity index (χ3v) is 3.43. The van der Waals surface area contributed by atoms with Gasteiger partial charge in [0.1, 0.15) is 5.69 Å². The highest BCUT2D eigenvalue weighted by Gasteiger charge is 2.16. The highest BCUT2D eigenvalue weighted by atomic mass is 32.1. The van der Waals surface area contributed by atoms with E-state index in [-0.39, 0.29) is 5.91 Å². The molecule has 0 radical (unpaired) electrons. The Bertz CT molecular complexity index is 640. The molecule has 0 saturated carbocycles. The predicted molar refractivity (Wildman–Crippen MR) is 67.6 cm³/mol. The zero-order valence-electron chi connectivity index (χ0n) is 9.74. The molecule has 0 saturated heterocycles. The summed E-state index contributed by atoms with van der Waals surface area (Å²) < 4.78 is 6.83. The van der Waals surface area contributed by atoms with Crippen LogP contribution in [-0.2, 0) is 6.54 Å². The molecule has 0 spiro atoms. The van der Waals surface area contributed by atoms with Crippen molar-refractivity contribution in [2.45, 2.75) is 6.54 Å². The molecule has 0 atom stereocenters. The highest BCUT2D eigenvalue weighted by molar-refractivity contribution is 7.15. The average Bonchev–Trinajstić information content (AvgIpc) is 3.02. The van der Waals surface area contributed by atoms with Crippen molar-refractivity contribution in [1.82, 2.24) is 14.3 Å². The van der Waals surface area contributed by atoms with Crippen molar-refractivity contribution in [2.75, 3.05) is 7.05 Å². The monoisotopic (exact) mass is 261 g/mol. The number of fused-ring (bicyclic) bond motifs is 1. The molecule has 0 bridgehead atoms. The van der Waals surface area contributed by atoms with E-state index in [2.05, 4.69) is 4.98 Å². The van der Waals surface area contributed by atoms with Crippen LogP contribution in [0.4, 0.5) is 0 Å². The molecule has 0 unspecified atom stereocenters. The van der Waals surface area contributed by atoms with E-state index >= 15 is 0 Å². The maximum absolute atomic E-state index is 12.2. The Morgan fingerprint density at radius 3 is 3.22 bits per heavy atom. The number of carbonyl (C=O) groups is 1. The van der Waals surface area contributed by atoms with Crippen LogP contribution in [0, 0.1) is 0 Å². The number of amides is 1. The van der Waals surface area contributed by atoms with E-state index in [1.807, 2.05) is 22.0 Å². The summed E-state index contributed by atoms with van der Waals surface area (Å²) in [6.07, 6.45) is 6.87. The fourth-order valence-corrected chi connectivity index (χ4v) is 2.45. The van der Waals surface area contributed by atoms with Gasteiger partial charge in [-0.05, 0) is 6.07 Å². The van der Waals surface area contributed by atoms with Crippen molar-refractivity contribution in [3.05, 3.63) is 47.6 Å². The maximum atomic E-state index is 12.2. The molecule has 0 fully saturated rings. The normalized spacial score (nSPS) is 10.9. The van der Waals surface area contributed by atoms with Crippen LogP contribution >= 0.6 is 11.3 Å². The SMILES string of the molecule is CN(Cc1ccoc1)C(=O)c1cn2ccsc2n1. The van der Waals surface area contributed by atoms with Crippen LogP contribution in [0.5, 0.6) is 0 Å². The lowest BCUT2D eigenvalue weighted by Gasteiger charge is -2.14. The third-order valence-electron chi connectivity index (χ3n) is 2.66. The first-order valence-electron chi connectivity index (χ1n) is 5.43. The first kappa shape index (κ1) is 11.0. The summed E-state index contributed by atoms with van der Waals surface area (Å²) in [7, 11) is 1.75. The molecular formula is C12H11N3O2S. The van der Waals surface area contributed by atoms with Crippen LogP contribution in [0.1, 0.15) is 16.1 Å². The van der Waals surface area contributed by atoms with Crippen LogP contribution < -0.4 is 0 Å². The molecule has 0 aliphatic rings. The van der Waals surface area contributed by atoms with Gasteiger partial charge in [0, 0.05) is 36.9 Å². The number of imidazole rings is 1. The Labute approximate surface area is 107 Å². The summed E-state index contributed by atoms with van der Waals surface area (Å²) in [5, 5.41) is 1.94. The number of hydrogen-bond acceptors (Lipinski definition) is 4. The number of rotatable bonds is 3. The molecule has 0 N–H and O–H groups in total. The fraction of sp³-hybridized carbons (Fsp3) is 0.167. The minimum Gasteiger partial charge on any atom is -0.472 e. The third kappa shape index (κ3) is 1.91. The minimum absolute atomic E-state index is 0.0906. The van der Waals surface area contributed by atoms with Crippen molar-refractivity contribution >= 4 is 22.2 Å². The molecule has 3 rings (SSSR count). The van der Waals surface area contributed by atoms with E-state index in [0.29, 0.717) is 12.2 Å². The summed E-state index contributed by atoms with van der Waals surface area (Å²) in [6.45, 7) is 0.514. The van der Waals surface area contributed by atoms with Crippen molar-refractivity contribution < 1.29 is 9.21 Å². The minimum atomic E-state index is -0.0906. The molecule has 3 aromatic rings. The molecule has 0 aliphatic heterocycles.